The van der Waals surface area contributed by atoms with Crippen molar-refractivity contribution in [3.8, 4) is 5.75 Å². The molecule has 1 aliphatic rings. The fourth-order valence-electron chi connectivity index (χ4n) is 2.63. The molecule has 3 heteroatoms. The Morgan fingerprint density at radius 1 is 1.15 bits per heavy atom. The van der Waals surface area contributed by atoms with E-state index in [0.717, 1.165) is 46.9 Å². The van der Waals surface area contributed by atoms with Gasteiger partial charge in [0.05, 0.1) is 12.6 Å². The molecule has 3 rings (SSSR count). The number of aryl methyl sites for hydroxylation is 2. The average molecular weight is 288 g/mol. The Morgan fingerprint density at radius 3 is 2.70 bits per heavy atom. The predicted octanol–water partition coefficient (Wildman–Crippen LogP) is 4.02. The van der Waals surface area contributed by atoms with E-state index in [0.29, 0.717) is 0 Å². The molecule has 2 N–H and O–H groups in total. The van der Waals surface area contributed by atoms with E-state index in [1.807, 2.05) is 25.1 Å². The quantitative estimate of drug-likeness (QED) is 0.905. The zero-order valence-corrected chi connectivity index (χ0v) is 12.3. The van der Waals surface area contributed by atoms with Crippen molar-refractivity contribution in [2.24, 2.45) is 5.73 Å². The molecule has 20 heavy (non-hydrogen) atoms. The Labute approximate surface area is 124 Å². The normalized spacial score (nSPS) is 15.3. The van der Waals surface area contributed by atoms with Crippen LogP contribution < -0.4 is 10.5 Å². The Hall–Kier alpha value is -1.51. The lowest BCUT2D eigenvalue weighted by atomic mass is 9.95. The molecule has 1 atom stereocenters. The van der Waals surface area contributed by atoms with Gasteiger partial charge >= 0.3 is 0 Å². The van der Waals surface area contributed by atoms with E-state index in [1.54, 1.807) is 0 Å². The summed E-state index contributed by atoms with van der Waals surface area (Å²) in [5.74, 6) is 1.000. The van der Waals surface area contributed by atoms with Gasteiger partial charge in [-0.15, -0.1) is 0 Å². The Balaban J connectivity index is 1.93. The lowest BCUT2D eigenvalue weighted by Crippen LogP contribution is -2.14. The first kappa shape index (κ1) is 13.5. The molecule has 0 saturated heterocycles. The SMILES string of the molecule is Cc1cc(C(N)c2ccc3c(c2)CCCO3)ccc1Cl. The number of hydrogen-bond acceptors (Lipinski definition) is 2. The molecule has 0 radical (unpaired) electrons. The van der Waals surface area contributed by atoms with Gasteiger partial charge in [-0.05, 0) is 54.2 Å². The van der Waals surface area contributed by atoms with Gasteiger partial charge in [0.25, 0.3) is 0 Å². The topological polar surface area (TPSA) is 35.2 Å². The van der Waals surface area contributed by atoms with Gasteiger partial charge in [-0.3, -0.25) is 0 Å². The van der Waals surface area contributed by atoms with Crippen molar-refractivity contribution in [3.63, 3.8) is 0 Å². The van der Waals surface area contributed by atoms with Crippen LogP contribution in [-0.4, -0.2) is 6.61 Å². The first-order chi connectivity index (χ1) is 9.65. The molecule has 2 aromatic rings. The standard InChI is InChI=1S/C17H18ClNO/c1-11-9-13(4-6-15(11)18)17(19)14-5-7-16-12(10-14)3-2-8-20-16/h4-7,9-10,17H,2-3,8,19H2,1H3. The summed E-state index contributed by atoms with van der Waals surface area (Å²) in [6.45, 7) is 2.81. The number of nitrogens with two attached hydrogens (primary N) is 1. The van der Waals surface area contributed by atoms with Crippen LogP contribution in [0.5, 0.6) is 5.75 Å². The molecule has 2 aromatic carbocycles. The van der Waals surface area contributed by atoms with Crippen LogP contribution in [-0.2, 0) is 6.42 Å². The van der Waals surface area contributed by atoms with Gasteiger partial charge in [0.2, 0.25) is 0 Å². The molecule has 1 heterocycles. The second kappa shape index (κ2) is 5.47. The second-order valence-electron chi connectivity index (χ2n) is 5.31. The zero-order chi connectivity index (χ0) is 14.1. The van der Waals surface area contributed by atoms with Gasteiger partial charge in [-0.25, -0.2) is 0 Å². The van der Waals surface area contributed by atoms with Crippen molar-refractivity contribution in [1.29, 1.82) is 0 Å². The van der Waals surface area contributed by atoms with Crippen molar-refractivity contribution < 1.29 is 4.74 Å². The van der Waals surface area contributed by atoms with Crippen LogP contribution >= 0.6 is 11.6 Å². The summed E-state index contributed by atoms with van der Waals surface area (Å²) in [5, 5.41) is 0.778. The molecule has 0 aromatic heterocycles. The summed E-state index contributed by atoms with van der Waals surface area (Å²) in [4.78, 5) is 0. The lowest BCUT2D eigenvalue weighted by molar-refractivity contribution is 0.288. The van der Waals surface area contributed by atoms with Crippen LogP contribution in [0.3, 0.4) is 0 Å². The third-order valence-corrected chi connectivity index (χ3v) is 4.26. The van der Waals surface area contributed by atoms with Crippen LogP contribution in [0.15, 0.2) is 36.4 Å². The van der Waals surface area contributed by atoms with Crippen molar-refractivity contribution >= 4 is 11.6 Å². The van der Waals surface area contributed by atoms with Gasteiger partial charge in [0.1, 0.15) is 5.75 Å². The van der Waals surface area contributed by atoms with Crippen molar-refractivity contribution in [1.82, 2.24) is 0 Å². The molecule has 0 bridgehead atoms. The van der Waals surface area contributed by atoms with Crippen LogP contribution in [0.2, 0.25) is 5.02 Å². The molecule has 1 unspecified atom stereocenters. The van der Waals surface area contributed by atoms with Crippen molar-refractivity contribution in [3.05, 3.63) is 63.7 Å². The third kappa shape index (κ3) is 2.54. The maximum absolute atomic E-state index is 6.38. The number of rotatable bonds is 2. The highest BCUT2D eigenvalue weighted by Gasteiger charge is 2.15. The molecule has 0 amide bonds. The Kier molecular flexibility index (Phi) is 3.68. The first-order valence-electron chi connectivity index (χ1n) is 6.92. The number of benzene rings is 2. The van der Waals surface area contributed by atoms with E-state index >= 15 is 0 Å². The number of halogens is 1. The number of fused-ring (bicyclic) bond motifs is 1. The minimum Gasteiger partial charge on any atom is -0.493 e. The lowest BCUT2D eigenvalue weighted by Gasteiger charge is -2.20. The average Bonchev–Trinajstić information content (AvgIpc) is 2.49. The smallest absolute Gasteiger partial charge is 0.122 e. The monoisotopic (exact) mass is 287 g/mol. The fraction of sp³-hybridized carbons (Fsp3) is 0.294. The van der Waals surface area contributed by atoms with Crippen LogP contribution in [0.1, 0.15) is 34.7 Å². The highest BCUT2D eigenvalue weighted by molar-refractivity contribution is 6.31. The zero-order valence-electron chi connectivity index (χ0n) is 11.5. The number of ether oxygens (including phenoxy) is 1. The molecule has 0 spiro atoms. The molecule has 104 valence electrons. The summed E-state index contributed by atoms with van der Waals surface area (Å²) in [5.41, 5.74) is 10.9. The van der Waals surface area contributed by atoms with E-state index in [9.17, 15) is 0 Å². The molecule has 0 saturated carbocycles. The molecule has 2 nitrogen and oxygen atoms in total. The molecule has 0 aliphatic carbocycles. The van der Waals surface area contributed by atoms with Crippen LogP contribution in [0.25, 0.3) is 0 Å². The van der Waals surface area contributed by atoms with Crippen molar-refractivity contribution in [2.75, 3.05) is 6.61 Å². The predicted molar refractivity (Wildman–Crippen MR) is 82.5 cm³/mol. The van der Waals surface area contributed by atoms with Gasteiger partial charge in [-0.1, -0.05) is 35.9 Å². The minimum atomic E-state index is -0.127. The van der Waals surface area contributed by atoms with Gasteiger partial charge in [0.15, 0.2) is 0 Å². The molecular formula is C17H18ClNO. The largest absolute Gasteiger partial charge is 0.493 e. The maximum Gasteiger partial charge on any atom is 0.122 e. The van der Waals surface area contributed by atoms with E-state index in [4.69, 9.17) is 22.1 Å². The Bertz CT molecular complexity index is 639. The second-order valence-corrected chi connectivity index (χ2v) is 5.71. The maximum atomic E-state index is 6.38. The number of hydrogen-bond donors (Lipinski definition) is 1. The van der Waals surface area contributed by atoms with E-state index < -0.39 is 0 Å². The highest BCUT2D eigenvalue weighted by atomic mass is 35.5. The van der Waals surface area contributed by atoms with E-state index in [1.165, 1.54) is 5.56 Å². The highest BCUT2D eigenvalue weighted by Crippen LogP contribution is 2.30. The van der Waals surface area contributed by atoms with Gasteiger partial charge in [-0.2, -0.15) is 0 Å². The summed E-state index contributed by atoms with van der Waals surface area (Å²) in [6, 6.07) is 12.1. The third-order valence-electron chi connectivity index (χ3n) is 3.83. The fourth-order valence-corrected chi connectivity index (χ4v) is 2.75. The van der Waals surface area contributed by atoms with Crippen molar-refractivity contribution in [2.45, 2.75) is 25.8 Å². The van der Waals surface area contributed by atoms with E-state index in [-0.39, 0.29) is 6.04 Å². The van der Waals surface area contributed by atoms with Gasteiger partial charge < -0.3 is 10.5 Å². The summed E-state index contributed by atoms with van der Waals surface area (Å²) in [6.07, 6.45) is 2.14. The summed E-state index contributed by atoms with van der Waals surface area (Å²) >= 11 is 6.07. The van der Waals surface area contributed by atoms with Gasteiger partial charge in [0, 0.05) is 5.02 Å². The minimum absolute atomic E-state index is 0.127. The summed E-state index contributed by atoms with van der Waals surface area (Å²) in [7, 11) is 0. The molecule has 1 aliphatic heterocycles. The molecule has 0 fully saturated rings. The molecular weight excluding hydrogens is 270 g/mol. The first-order valence-corrected chi connectivity index (χ1v) is 7.30. The van der Waals surface area contributed by atoms with Crippen LogP contribution in [0.4, 0.5) is 0 Å². The van der Waals surface area contributed by atoms with E-state index in [2.05, 4.69) is 18.2 Å². The van der Waals surface area contributed by atoms with Crippen LogP contribution in [0, 0.1) is 6.92 Å². The summed E-state index contributed by atoms with van der Waals surface area (Å²) < 4.78 is 5.64. The Morgan fingerprint density at radius 2 is 1.90 bits per heavy atom.